The lowest BCUT2D eigenvalue weighted by molar-refractivity contribution is 0.279. The van der Waals surface area contributed by atoms with Crippen LogP contribution in [-0.4, -0.2) is 12.6 Å². The third-order valence-electron chi connectivity index (χ3n) is 4.47. The molecule has 1 aliphatic rings. The molecular weight excluding hydrogens is 218 g/mol. The van der Waals surface area contributed by atoms with Crippen molar-refractivity contribution in [1.82, 2.24) is 5.32 Å². The largest absolute Gasteiger partial charge is 0.313 e. The van der Waals surface area contributed by atoms with Gasteiger partial charge in [0.05, 0.1) is 0 Å². The van der Waals surface area contributed by atoms with Gasteiger partial charge in [0.15, 0.2) is 0 Å². The molecule has 1 aromatic rings. The molecule has 2 rings (SSSR count). The maximum absolute atomic E-state index is 3.75. The second-order valence-electron chi connectivity index (χ2n) is 5.91. The fourth-order valence-corrected chi connectivity index (χ4v) is 3.06. The lowest BCUT2D eigenvalue weighted by atomic mass is 9.84. The SMILES string of the molecule is CC(CN[C@H](C)C1CCCCC1)c1ccccc1. The highest BCUT2D eigenvalue weighted by Gasteiger charge is 2.20. The summed E-state index contributed by atoms with van der Waals surface area (Å²) in [5, 5.41) is 3.75. The molecule has 1 aromatic carbocycles. The Labute approximate surface area is 112 Å². The van der Waals surface area contributed by atoms with Crippen molar-refractivity contribution >= 4 is 0 Å². The highest BCUT2D eigenvalue weighted by Crippen LogP contribution is 2.26. The lowest BCUT2D eigenvalue weighted by Gasteiger charge is -2.29. The van der Waals surface area contributed by atoms with Gasteiger partial charge in [-0.05, 0) is 37.2 Å². The summed E-state index contributed by atoms with van der Waals surface area (Å²) in [7, 11) is 0. The number of hydrogen-bond donors (Lipinski definition) is 1. The second kappa shape index (κ2) is 6.94. The Morgan fingerprint density at radius 1 is 1.06 bits per heavy atom. The molecule has 1 heteroatoms. The van der Waals surface area contributed by atoms with Crippen LogP contribution in [0.25, 0.3) is 0 Å². The quantitative estimate of drug-likeness (QED) is 0.813. The predicted octanol–water partition coefficient (Wildman–Crippen LogP) is 4.35. The van der Waals surface area contributed by atoms with Crippen molar-refractivity contribution in [3.63, 3.8) is 0 Å². The number of benzene rings is 1. The fraction of sp³-hybridized carbons (Fsp3) is 0.647. The van der Waals surface area contributed by atoms with Crippen LogP contribution in [0.15, 0.2) is 30.3 Å². The zero-order valence-corrected chi connectivity index (χ0v) is 11.9. The van der Waals surface area contributed by atoms with Gasteiger partial charge in [0.2, 0.25) is 0 Å². The van der Waals surface area contributed by atoms with Crippen molar-refractivity contribution in [2.24, 2.45) is 5.92 Å². The Bertz CT molecular complexity index is 327. The number of rotatable bonds is 5. The summed E-state index contributed by atoms with van der Waals surface area (Å²) < 4.78 is 0. The lowest BCUT2D eigenvalue weighted by Crippen LogP contribution is -2.36. The monoisotopic (exact) mass is 245 g/mol. The summed E-state index contributed by atoms with van der Waals surface area (Å²) in [5.41, 5.74) is 1.45. The Balaban J connectivity index is 1.76. The Kier molecular flexibility index (Phi) is 5.25. The second-order valence-corrected chi connectivity index (χ2v) is 5.91. The van der Waals surface area contributed by atoms with Crippen LogP contribution in [0, 0.1) is 5.92 Å². The molecule has 1 fully saturated rings. The van der Waals surface area contributed by atoms with Gasteiger partial charge in [-0.25, -0.2) is 0 Å². The number of nitrogens with one attached hydrogen (secondary N) is 1. The molecule has 1 N–H and O–H groups in total. The average Bonchev–Trinajstić information content (AvgIpc) is 2.46. The molecule has 0 aliphatic heterocycles. The molecule has 0 saturated heterocycles. The van der Waals surface area contributed by atoms with Gasteiger partial charge < -0.3 is 5.32 Å². The zero-order chi connectivity index (χ0) is 12.8. The molecule has 0 amide bonds. The highest BCUT2D eigenvalue weighted by molar-refractivity contribution is 5.18. The van der Waals surface area contributed by atoms with Crippen molar-refractivity contribution in [2.75, 3.05) is 6.54 Å². The normalized spacial score (nSPS) is 20.6. The molecule has 0 aromatic heterocycles. The van der Waals surface area contributed by atoms with Crippen LogP contribution >= 0.6 is 0 Å². The van der Waals surface area contributed by atoms with E-state index in [0.717, 1.165) is 12.5 Å². The molecule has 1 nitrogen and oxygen atoms in total. The van der Waals surface area contributed by atoms with Gasteiger partial charge in [-0.3, -0.25) is 0 Å². The van der Waals surface area contributed by atoms with Gasteiger partial charge in [0.1, 0.15) is 0 Å². The smallest absolute Gasteiger partial charge is 0.00672 e. The maximum atomic E-state index is 3.75. The van der Waals surface area contributed by atoms with Crippen molar-refractivity contribution in [2.45, 2.75) is 57.9 Å². The minimum atomic E-state index is 0.609. The van der Waals surface area contributed by atoms with Crippen LogP contribution < -0.4 is 5.32 Å². The maximum Gasteiger partial charge on any atom is 0.00672 e. The summed E-state index contributed by atoms with van der Waals surface area (Å²) in [4.78, 5) is 0. The molecular formula is C17H27N. The van der Waals surface area contributed by atoms with Crippen LogP contribution in [0.5, 0.6) is 0 Å². The van der Waals surface area contributed by atoms with Gasteiger partial charge in [-0.15, -0.1) is 0 Å². The van der Waals surface area contributed by atoms with E-state index in [0.29, 0.717) is 12.0 Å². The highest BCUT2D eigenvalue weighted by atomic mass is 14.9. The molecule has 100 valence electrons. The number of hydrogen-bond acceptors (Lipinski definition) is 1. The fourth-order valence-electron chi connectivity index (χ4n) is 3.06. The third-order valence-corrected chi connectivity index (χ3v) is 4.47. The van der Waals surface area contributed by atoms with E-state index < -0.39 is 0 Å². The molecule has 0 heterocycles. The summed E-state index contributed by atoms with van der Waals surface area (Å²) in [6.45, 7) is 5.78. The molecule has 1 aliphatic carbocycles. The van der Waals surface area contributed by atoms with Crippen LogP contribution in [0.1, 0.15) is 57.4 Å². The molecule has 1 saturated carbocycles. The predicted molar refractivity (Wildman–Crippen MR) is 78.9 cm³/mol. The molecule has 1 unspecified atom stereocenters. The summed E-state index contributed by atoms with van der Waals surface area (Å²) in [6, 6.07) is 11.5. The average molecular weight is 245 g/mol. The molecule has 2 atom stereocenters. The zero-order valence-electron chi connectivity index (χ0n) is 11.9. The van der Waals surface area contributed by atoms with Crippen LogP contribution in [0.2, 0.25) is 0 Å². The van der Waals surface area contributed by atoms with Crippen molar-refractivity contribution in [3.8, 4) is 0 Å². The Hall–Kier alpha value is -0.820. The van der Waals surface area contributed by atoms with Crippen molar-refractivity contribution in [1.29, 1.82) is 0 Å². The first-order valence-corrected chi connectivity index (χ1v) is 7.55. The van der Waals surface area contributed by atoms with Crippen LogP contribution in [-0.2, 0) is 0 Å². The van der Waals surface area contributed by atoms with E-state index in [1.165, 1.54) is 37.7 Å². The van der Waals surface area contributed by atoms with Gasteiger partial charge >= 0.3 is 0 Å². The molecule has 18 heavy (non-hydrogen) atoms. The molecule has 0 spiro atoms. The van der Waals surface area contributed by atoms with Gasteiger partial charge in [-0.2, -0.15) is 0 Å². The van der Waals surface area contributed by atoms with E-state index in [9.17, 15) is 0 Å². The van der Waals surface area contributed by atoms with Crippen LogP contribution in [0.3, 0.4) is 0 Å². The van der Waals surface area contributed by atoms with E-state index >= 15 is 0 Å². The topological polar surface area (TPSA) is 12.0 Å². The first-order valence-electron chi connectivity index (χ1n) is 7.55. The van der Waals surface area contributed by atoms with Gasteiger partial charge in [-0.1, -0.05) is 56.5 Å². The molecule has 0 radical (unpaired) electrons. The van der Waals surface area contributed by atoms with E-state index in [1.807, 2.05) is 0 Å². The van der Waals surface area contributed by atoms with Crippen molar-refractivity contribution in [3.05, 3.63) is 35.9 Å². The minimum Gasteiger partial charge on any atom is -0.313 e. The van der Waals surface area contributed by atoms with Gasteiger partial charge in [0.25, 0.3) is 0 Å². The summed E-state index contributed by atoms with van der Waals surface area (Å²) in [5.74, 6) is 1.51. The van der Waals surface area contributed by atoms with E-state index in [4.69, 9.17) is 0 Å². The van der Waals surface area contributed by atoms with E-state index in [2.05, 4.69) is 49.5 Å². The minimum absolute atomic E-state index is 0.609. The first kappa shape index (κ1) is 13.6. The van der Waals surface area contributed by atoms with Crippen molar-refractivity contribution < 1.29 is 0 Å². The first-order chi connectivity index (χ1) is 8.77. The van der Waals surface area contributed by atoms with Crippen LogP contribution in [0.4, 0.5) is 0 Å². The standard InChI is InChI=1S/C17H27N/c1-14(16-9-5-3-6-10-16)13-18-15(2)17-11-7-4-8-12-17/h3,5-6,9-10,14-15,17-18H,4,7-8,11-13H2,1-2H3/t14?,15-/m1/s1. The summed E-state index contributed by atoms with van der Waals surface area (Å²) in [6.07, 6.45) is 7.17. The Morgan fingerprint density at radius 2 is 1.72 bits per heavy atom. The molecule has 0 bridgehead atoms. The van der Waals surface area contributed by atoms with E-state index in [1.54, 1.807) is 0 Å². The summed E-state index contributed by atoms with van der Waals surface area (Å²) >= 11 is 0. The Morgan fingerprint density at radius 3 is 2.39 bits per heavy atom. The van der Waals surface area contributed by atoms with E-state index in [-0.39, 0.29) is 0 Å². The van der Waals surface area contributed by atoms with Gasteiger partial charge in [0, 0.05) is 12.6 Å². The third kappa shape index (κ3) is 3.84.